The Morgan fingerprint density at radius 3 is 2.88 bits per heavy atom. The summed E-state index contributed by atoms with van der Waals surface area (Å²) in [6.07, 6.45) is 9.41. The fourth-order valence-electron chi connectivity index (χ4n) is 4.71. The van der Waals surface area contributed by atoms with Crippen LogP contribution in [0.5, 0.6) is 0 Å². The first kappa shape index (κ1) is 19.4. The van der Waals surface area contributed by atoms with Gasteiger partial charge in [0.05, 0.1) is 12.3 Å². The van der Waals surface area contributed by atoms with Gasteiger partial charge < -0.3 is 9.64 Å². The Hall–Kier alpha value is -1.40. The largest absolute Gasteiger partial charge is 0.378 e. The van der Waals surface area contributed by atoms with Gasteiger partial charge in [-0.1, -0.05) is 6.92 Å². The monoisotopic (exact) mass is 362 g/mol. The first-order chi connectivity index (χ1) is 12.5. The van der Waals surface area contributed by atoms with E-state index in [2.05, 4.69) is 30.2 Å². The topological polar surface area (TPSA) is 50.6 Å². The minimum Gasteiger partial charge on any atom is -0.378 e. The molecule has 0 aliphatic carbocycles. The molecule has 2 aliphatic heterocycles. The quantitative estimate of drug-likeness (QED) is 0.807. The number of carbonyl (C=O) groups excluding carboxylic acids is 1. The molecule has 6 nitrogen and oxygen atoms in total. The summed E-state index contributed by atoms with van der Waals surface area (Å²) in [4.78, 5) is 17.4. The van der Waals surface area contributed by atoms with Crippen molar-refractivity contribution in [2.24, 2.45) is 18.9 Å². The van der Waals surface area contributed by atoms with E-state index >= 15 is 0 Å². The van der Waals surface area contributed by atoms with E-state index < -0.39 is 0 Å². The van der Waals surface area contributed by atoms with Crippen LogP contribution in [0, 0.1) is 11.8 Å². The number of piperidine rings is 1. The van der Waals surface area contributed by atoms with E-state index in [1.165, 1.54) is 12.0 Å². The van der Waals surface area contributed by atoms with Crippen LogP contribution in [0.4, 0.5) is 0 Å². The summed E-state index contributed by atoms with van der Waals surface area (Å²) in [6, 6.07) is 0.339. The number of hydrogen-bond donors (Lipinski definition) is 0. The second kappa shape index (κ2) is 8.53. The summed E-state index contributed by atoms with van der Waals surface area (Å²) in [7, 11) is 6.13. The highest BCUT2D eigenvalue weighted by Crippen LogP contribution is 2.35. The van der Waals surface area contributed by atoms with Crippen LogP contribution >= 0.6 is 0 Å². The number of aromatic nitrogens is 2. The Morgan fingerprint density at radius 1 is 1.38 bits per heavy atom. The fraction of sp³-hybridized carbons (Fsp3) is 0.800. The first-order valence-electron chi connectivity index (χ1n) is 10.0. The van der Waals surface area contributed by atoms with Crippen molar-refractivity contribution in [1.82, 2.24) is 19.6 Å². The fourth-order valence-corrected chi connectivity index (χ4v) is 4.71. The molecular formula is C20H34N4O2. The summed E-state index contributed by atoms with van der Waals surface area (Å²) in [5, 5.41) is 4.36. The van der Waals surface area contributed by atoms with Crippen molar-refractivity contribution < 1.29 is 9.53 Å². The highest BCUT2D eigenvalue weighted by Gasteiger charge is 2.35. The van der Waals surface area contributed by atoms with Gasteiger partial charge in [0.25, 0.3) is 0 Å². The summed E-state index contributed by atoms with van der Waals surface area (Å²) in [5.74, 6) is 0.871. The van der Waals surface area contributed by atoms with Crippen molar-refractivity contribution in [3.05, 3.63) is 18.0 Å². The third-order valence-corrected chi connectivity index (χ3v) is 6.13. The molecule has 26 heavy (non-hydrogen) atoms. The van der Waals surface area contributed by atoms with Crippen molar-refractivity contribution in [3.63, 3.8) is 0 Å². The van der Waals surface area contributed by atoms with Crippen molar-refractivity contribution >= 4 is 5.91 Å². The molecule has 1 amide bonds. The maximum Gasteiger partial charge on any atom is 0.225 e. The molecule has 0 bridgehead atoms. The lowest BCUT2D eigenvalue weighted by molar-refractivity contribution is -0.140. The highest BCUT2D eigenvalue weighted by molar-refractivity contribution is 5.78. The van der Waals surface area contributed by atoms with Crippen molar-refractivity contribution in [2.75, 3.05) is 33.8 Å². The van der Waals surface area contributed by atoms with Gasteiger partial charge in [-0.05, 0) is 51.6 Å². The molecule has 0 aromatic carbocycles. The van der Waals surface area contributed by atoms with E-state index in [4.69, 9.17) is 4.74 Å². The molecule has 0 radical (unpaired) electrons. The van der Waals surface area contributed by atoms with Crippen molar-refractivity contribution in [2.45, 2.75) is 51.2 Å². The van der Waals surface area contributed by atoms with Crippen LogP contribution in [0.15, 0.2) is 12.4 Å². The van der Waals surface area contributed by atoms with Gasteiger partial charge in [0.2, 0.25) is 5.91 Å². The lowest BCUT2D eigenvalue weighted by Crippen LogP contribution is -2.45. The molecule has 2 fully saturated rings. The number of rotatable bonds is 5. The minimum atomic E-state index is 0.122. The van der Waals surface area contributed by atoms with Crippen molar-refractivity contribution in [3.8, 4) is 0 Å². The number of nitrogens with zero attached hydrogens (tertiary/aromatic N) is 4. The first-order valence-corrected chi connectivity index (χ1v) is 10.0. The number of ether oxygens (including phenoxy) is 1. The smallest absolute Gasteiger partial charge is 0.225 e. The van der Waals surface area contributed by atoms with Crippen LogP contribution in [0.2, 0.25) is 0 Å². The molecule has 0 saturated carbocycles. The Morgan fingerprint density at radius 2 is 2.19 bits per heavy atom. The maximum atomic E-state index is 13.0. The zero-order valence-corrected chi connectivity index (χ0v) is 16.7. The molecule has 2 saturated heterocycles. The van der Waals surface area contributed by atoms with E-state index in [1.807, 2.05) is 29.9 Å². The minimum absolute atomic E-state index is 0.122. The van der Waals surface area contributed by atoms with Gasteiger partial charge >= 0.3 is 0 Å². The number of amides is 1. The lowest BCUT2D eigenvalue weighted by Gasteiger charge is -2.41. The van der Waals surface area contributed by atoms with Crippen LogP contribution in [-0.2, 0) is 16.6 Å². The molecule has 4 atom stereocenters. The van der Waals surface area contributed by atoms with E-state index in [-0.39, 0.29) is 12.0 Å². The van der Waals surface area contributed by atoms with Gasteiger partial charge in [-0.3, -0.25) is 14.4 Å². The van der Waals surface area contributed by atoms with Gasteiger partial charge in [-0.15, -0.1) is 0 Å². The zero-order valence-electron chi connectivity index (χ0n) is 16.7. The number of hydrogen-bond acceptors (Lipinski definition) is 4. The Balaban J connectivity index is 1.66. The summed E-state index contributed by atoms with van der Waals surface area (Å²) < 4.78 is 7.61. The molecule has 0 spiro atoms. The normalized spacial score (nSPS) is 30.3. The third kappa shape index (κ3) is 4.29. The predicted molar refractivity (Wildman–Crippen MR) is 102 cm³/mol. The maximum absolute atomic E-state index is 13.0. The predicted octanol–water partition coefficient (Wildman–Crippen LogP) is 2.47. The van der Waals surface area contributed by atoms with E-state index in [0.717, 1.165) is 38.8 Å². The van der Waals surface area contributed by atoms with Crippen LogP contribution in [0.3, 0.4) is 0 Å². The van der Waals surface area contributed by atoms with E-state index in [0.29, 0.717) is 24.5 Å². The zero-order chi connectivity index (χ0) is 18.7. The van der Waals surface area contributed by atoms with E-state index in [1.54, 1.807) is 0 Å². The van der Waals surface area contributed by atoms with Gasteiger partial charge in [-0.25, -0.2) is 0 Å². The molecule has 3 heterocycles. The molecule has 6 heteroatoms. The molecule has 1 aromatic heterocycles. The second-order valence-electron chi connectivity index (χ2n) is 8.12. The number of likely N-dealkylation sites (tertiary alicyclic amines) is 1. The summed E-state index contributed by atoms with van der Waals surface area (Å²) in [5.41, 5.74) is 1.26. The molecule has 2 aliphatic rings. The lowest BCUT2D eigenvalue weighted by atomic mass is 9.85. The SMILES string of the molecule is CCC1CC(C(=O)N(C)C[C@@H]2CCCN(C)[C@H]2c2cnn(C)c2)CCO1. The van der Waals surface area contributed by atoms with Gasteiger partial charge in [0.1, 0.15) is 0 Å². The highest BCUT2D eigenvalue weighted by atomic mass is 16.5. The van der Waals surface area contributed by atoms with Gasteiger partial charge in [0.15, 0.2) is 0 Å². The molecule has 2 unspecified atom stereocenters. The molecule has 0 N–H and O–H groups in total. The number of aryl methyl sites for hydroxylation is 1. The molecule has 3 rings (SSSR count). The molecule has 146 valence electrons. The summed E-state index contributed by atoms with van der Waals surface area (Å²) >= 11 is 0. The summed E-state index contributed by atoms with van der Waals surface area (Å²) in [6.45, 7) is 4.77. The Kier molecular flexibility index (Phi) is 6.35. The third-order valence-electron chi connectivity index (χ3n) is 6.13. The molecule has 1 aromatic rings. The van der Waals surface area contributed by atoms with Crippen molar-refractivity contribution in [1.29, 1.82) is 0 Å². The second-order valence-corrected chi connectivity index (χ2v) is 8.12. The van der Waals surface area contributed by atoms with Crippen LogP contribution in [0.25, 0.3) is 0 Å². The average molecular weight is 363 g/mol. The molecular weight excluding hydrogens is 328 g/mol. The average Bonchev–Trinajstić information content (AvgIpc) is 3.07. The number of carbonyl (C=O) groups is 1. The van der Waals surface area contributed by atoms with Crippen LogP contribution in [0.1, 0.15) is 50.6 Å². The van der Waals surface area contributed by atoms with Gasteiger partial charge in [0, 0.05) is 51.0 Å². The Bertz CT molecular complexity index is 602. The van der Waals surface area contributed by atoms with Gasteiger partial charge in [-0.2, -0.15) is 5.10 Å². The van der Waals surface area contributed by atoms with E-state index in [9.17, 15) is 4.79 Å². The standard InChI is InChI=1S/C20H34N4O2/c1-5-18-11-15(8-10-26-18)20(25)23(3)13-16-7-6-9-22(2)19(16)17-12-21-24(4)14-17/h12,14-16,18-19H,5-11,13H2,1-4H3/t15?,16-,18?,19+/m0/s1. The van der Waals surface area contributed by atoms with Crippen LogP contribution in [-0.4, -0.2) is 65.4 Å². The van der Waals surface area contributed by atoms with Crippen LogP contribution < -0.4 is 0 Å². The Labute approximate surface area is 157 Å².